The second kappa shape index (κ2) is 8.75. The number of anilines is 2. The summed E-state index contributed by atoms with van der Waals surface area (Å²) in [4.78, 5) is 24.2. The second-order valence-electron chi connectivity index (χ2n) is 7.07. The highest BCUT2D eigenvalue weighted by molar-refractivity contribution is 7.89. The number of fused-ring (bicyclic) bond motifs is 1. The zero-order valence-corrected chi connectivity index (χ0v) is 17.4. The molecule has 7 nitrogen and oxygen atoms in total. The third-order valence-electron chi connectivity index (χ3n) is 4.82. The molecule has 0 atom stereocenters. The largest absolute Gasteiger partial charge is 0.326 e. The van der Waals surface area contributed by atoms with Crippen molar-refractivity contribution < 1.29 is 18.0 Å². The Labute approximate surface area is 171 Å². The van der Waals surface area contributed by atoms with Gasteiger partial charge in [0.2, 0.25) is 21.8 Å². The number of nitrogens with zero attached hydrogens (tertiary/aromatic N) is 1. The third-order valence-corrected chi connectivity index (χ3v) is 6.66. The van der Waals surface area contributed by atoms with Crippen LogP contribution in [-0.4, -0.2) is 37.6 Å². The van der Waals surface area contributed by atoms with Crippen LogP contribution in [0.1, 0.15) is 30.9 Å². The van der Waals surface area contributed by atoms with E-state index in [2.05, 4.69) is 10.6 Å². The van der Waals surface area contributed by atoms with Gasteiger partial charge >= 0.3 is 0 Å². The van der Waals surface area contributed by atoms with Crippen LogP contribution in [0.15, 0.2) is 47.4 Å². The number of nitrogens with one attached hydrogen (secondary N) is 2. The van der Waals surface area contributed by atoms with Crippen LogP contribution in [0.5, 0.6) is 0 Å². The maximum Gasteiger partial charge on any atom is 0.243 e. The molecule has 2 amide bonds. The summed E-state index contributed by atoms with van der Waals surface area (Å²) in [5, 5.41) is 5.53. The van der Waals surface area contributed by atoms with Gasteiger partial charge in [0.25, 0.3) is 0 Å². The number of para-hydroxylation sites is 1. The predicted octanol–water partition coefficient (Wildman–Crippen LogP) is 2.92. The average molecular weight is 416 g/mol. The summed E-state index contributed by atoms with van der Waals surface area (Å²) >= 11 is 0. The van der Waals surface area contributed by atoms with Gasteiger partial charge in [-0.3, -0.25) is 9.59 Å². The van der Waals surface area contributed by atoms with Gasteiger partial charge in [0.15, 0.2) is 0 Å². The zero-order valence-electron chi connectivity index (χ0n) is 16.6. The van der Waals surface area contributed by atoms with Crippen LogP contribution in [0.25, 0.3) is 0 Å². The molecule has 2 N–H and O–H groups in total. The Kier molecular flexibility index (Phi) is 6.34. The zero-order chi connectivity index (χ0) is 21.0. The van der Waals surface area contributed by atoms with E-state index in [9.17, 15) is 18.0 Å². The van der Waals surface area contributed by atoms with E-state index >= 15 is 0 Å². The highest BCUT2D eigenvalue weighted by Crippen LogP contribution is 2.27. The Morgan fingerprint density at radius 3 is 2.66 bits per heavy atom. The molecule has 8 heteroatoms. The fraction of sp³-hybridized carbons (Fsp3) is 0.333. The maximum absolute atomic E-state index is 13.2. The molecular weight excluding hydrogens is 390 g/mol. The summed E-state index contributed by atoms with van der Waals surface area (Å²) in [6.07, 6.45) is 1.40. The van der Waals surface area contributed by atoms with Crippen molar-refractivity contribution in [1.82, 2.24) is 4.31 Å². The third kappa shape index (κ3) is 4.83. The lowest BCUT2D eigenvalue weighted by Gasteiger charge is -2.23. The molecule has 1 heterocycles. The highest BCUT2D eigenvalue weighted by Gasteiger charge is 2.27. The first kappa shape index (κ1) is 21.0. The topological polar surface area (TPSA) is 95.6 Å². The van der Waals surface area contributed by atoms with Gasteiger partial charge in [-0.05, 0) is 55.2 Å². The van der Waals surface area contributed by atoms with Crippen LogP contribution in [0, 0.1) is 6.92 Å². The number of aryl methyl sites for hydroxylation is 2. The first-order chi connectivity index (χ1) is 13.8. The molecule has 0 aromatic heterocycles. The summed E-state index contributed by atoms with van der Waals surface area (Å²) in [6, 6.07) is 12.0. The molecule has 0 aliphatic carbocycles. The van der Waals surface area contributed by atoms with E-state index in [1.54, 1.807) is 18.2 Å². The Balaban J connectivity index is 1.81. The molecular formula is C21H25N3O4S. The summed E-state index contributed by atoms with van der Waals surface area (Å²) in [6.45, 7) is 3.71. The molecule has 2 aromatic carbocycles. The van der Waals surface area contributed by atoms with Gasteiger partial charge in [-0.1, -0.05) is 25.1 Å². The lowest BCUT2D eigenvalue weighted by atomic mass is 10.0. The molecule has 3 rings (SSSR count). The van der Waals surface area contributed by atoms with Gasteiger partial charge in [-0.2, -0.15) is 4.31 Å². The van der Waals surface area contributed by atoms with Crippen LogP contribution in [0.3, 0.4) is 0 Å². The van der Waals surface area contributed by atoms with Gasteiger partial charge in [0.1, 0.15) is 0 Å². The Morgan fingerprint density at radius 1 is 1.17 bits per heavy atom. The number of sulfonamides is 1. The Bertz CT molecular complexity index is 1030. The van der Waals surface area contributed by atoms with E-state index in [4.69, 9.17) is 0 Å². The van der Waals surface area contributed by atoms with Gasteiger partial charge < -0.3 is 10.6 Å². The van der Waals surface area contributed by atoms with Crippen molar-refractivity contribution in [3.8, 4) is 0 Å². The van der Waals surface area contributed by atoms with Gasteiger partial charge in [0, 0.05) is 24.3 Å². The quantitative estimate of drug-likeness (QED) is 0.727. The highest BCUT2D eigenvalue weighted by atomic mass is 32.2. The summed E-state index contributed by atoms with van der Waals surface area (Å²) < 4.78 is 27.6. The van der Waals surface area contributed by atoms with E-state index in [0.717, 1.165) is 11.1 Å². The monoisotopic (exact) mass is 415 g/mol. The molecule has 154 valence electrons. The Morgan fingerprint density at radius 2 is 1.93 bits per heavy atom. The van der Waals surface area contributed by atoms with Crippen molar-refractivity contribution in [2.75, 3.05) is 23.7 Å². The average Bonchev–Trinajstić information content (AvgIpc) is 2.69. The molecule has 0 fully saturated rings. The van der Waals surface area contributed by atoms with E-state index in [-0.39, 0.29) is 29.8 Å². The standard InChI is InChI=1S/C21H25N3O4S/c1-3-12-24(14-21(26)22-18-7-5-4-6-15(18)2)29(27,28)17-9-10-19-16(13-17)8-11-20(25)23-19/h4-7,9-10,13H,3,8,11-12,14H2,1-2H3,(H,22,26)(H,23,25). The van der Waals surface area contributed by atoms with E-state index in [1.165, 1.54) is 10.4 Å². The first-order valence-corrected chi connectivity index (χ1v) is 11.0. The van der Waals surface area contributed by atoms with Gasteiger partial charge in [-0.15, -0.1) is 0 Å². The molecule has 0 radical (unpaired) electrons. The lowest BCUT2D eigenvalue weighted by Crippen LogP contribution is -2.38. The number of benzene rings is 2. The van der Waals surface area contributed by atoms with E-state index in [0.29, 0.717) is 30.6 Å². The molecule has 0 saturated heterocycles. The molecule has 0 saturated carbocycles. The molecule has 0 spiro atoms. The first-order valence-electron chi connectivity index (χ1n) is 9.59. The number of carbonyl (C=O) groups is 2. The van der Waals surface area contributed by atoms with Crippen molar-refractivity contribution >= 4 is 33.2 Å². The summed E-state index contributed by atoms with van der Waals surface area (Å²) in [5.41, 5.74) is 2.99. The smallest absolute Gasteiger partial charge is 0.243 e. The fourth-order valence-corrected chi connectivity index (χ4v) is 4.81. The van der Waals surface area contributed by atoms with Crippen LogP contribution in [0.4, 0.5) is 11.4 Å². The van der Waals surface area contributed by atoms with Crippen LogP contribution < -0.4 is 10.6 Å². The van der Waals surface area contributed by atoms with Crippen molar-refractivity contribution in [2.24, 2.45) is 0 Å². The summed E-state index contributed by atoms with van der Waals surface area (Å²) in [5.74, 6) is -0.463. The maximum atomic E-state index is 13.2. The predicted molar refractivity (Wildman–Crippen MR) is 112 cm³/mol. The SMILES string of the molecule is CCCN(CC(=O)Nc1ccccc1C)S(=O)(=O)c1ccc2c(c1)CCC(=O)N2. The van der Waals surface area contributed by atoms with E-state index in [1.807, 2.05) is 32.0 Å². The van der Waals surface area contributed by atoms with Gasteiger partial charge in [0.05, 0.1) is 11.4 Å². The molecule has 1 aliphatic rings. The molecule has 29 heavy (non-hydrogen) atoms. The number of hydrogen-bond acceptors (Lipinski definition) is 4. The summed E-state index contributed by atoms with van der Waals surface area (Å²) in [7, 11) is -3.85. The molecule has 0 bridgehead atoms. The Hall–Kier alpha value is -2.71. The molecule has 2 aromatic rings. The number of rotatable bonds is 7. The minimum absolute atomic E-state index is 0.0754. The van der Waals surface area contributed by atoms with Crippen LogP contribution in [-0.2, 0) is 26.0 Å². The minimum Gasteiger partial charge on any atom is -0.326 e. The number of hydrogen-bond donors (Lipinski definition) is 2. The van der Waals surface area contributed by atoms with Crippen LogP contribution >= 0.6 is 0 Å². The normalized spacial score (nSPS) is 13.7. The molecule has 0 unspecified atom stereocenters. The van der Waals surface area contributed by atoms with Crippen LogP contribution in [0.2, 0.25) is 0 Å². The number of carbonyl (C=O) groups excluding carboxylic acids is 2. The van der Waals surface area contributed by atoms with Crippen molar-refractivity contribution in [2.45, 2.75) is 38.0 Å². The van der Waals surface area contributed by atoms with E-state index < -0.39 is 10.0 Å². The van der Waals surface area contributed by atoms with Gasteiger partial charge in [-0.25, -0.2) is 8.42 Å². The van der Waals surface area contributed by atoms with Crippen molar-refractivity contribution in [1.29, 1.82) is 0 Å². The molecule has 1 aliphatic heterocycles. The van der Waals surface area contributed by atoms with Crippen molar-refractivity contribution in [3.63, 3.8) is 0 Å². The minimum atomic E-state index is -3.85. The second-order valence-corrected chi connectivity index (χ2v) is 9.01. The van der Waals surface area contributed by atoms with Crippen molar-refractivity contribution in [3.05, 3.63) is 53.6 Å². The number of amides is 2. The fourth-order valence-electron chi connectivity index (χ4n) is 3.27. The lowest BCUT2D eigenvalue weighted by molar-refractivity contribution is -0.117.